The molecule has 0 radical (unpaired) electrons. The summed E-state index contributed by atoms with van der Waals surface area (Å²) in [6.45, 7) is 1.38. The number of aromatic nitrogens is 4. The Kier molecular flexibility index (Phi) is 6.76. The van der Waals surface area contributed by atoms with Gasteiger partial charge in [-0.15, -0.1) is 0 Å². The van der Waals surface area contributed by atoms with E-state index in [-0.39, 0.29) is 30.9 Å². The lowest BCUT2D eigenvalue weighted by Gasteiger charge is -2.34. The number of nitrogens with one attached hydrogen (secondary N) is 1. The standard InChI is InChI=1S/C21H22F3N7O3S/c1-35(33,34)28-18-11-27-31(13-18)20(32)30-6-4-29(5-7-30)12-16-3-2-15(8-19(16)21(22,23)24)17-9-25-14-26-10-17/h2-3,8-11,13-14,28H,4-7,12H2,1H3. The highest BCUT2D eigenvalue weighted by atomic mass is 32.2. The Morgan fingerprint density at radius 2 is 1.74 bits per heavy atom. The molecule has 4 rings (SSSR count). The molecular weight excluding hydrogens is 487 g/mol. The summed E-state index contributed by atoms with van der Waals surface area (Å²) >= 11 is 0. The molecule has 186 valence electrons. The number of benzene rings is 1. The predicted molar refractivity (Wildman–Crippen MR) is 121 cm³/mol. The molecule has 1 aliphatic rings. The van der Waals surface area contributed by atoms with E-state index in [9.17, 15) is 26.4 Å². The second kappa shape index (κ2) is 9.62. The van der Waals surface area contributed by atoms with E-state index in [0.29, 0.717) is 24.2 Å². The molecule has 1 amide bonds. The van der Waals surface area contributed by atoms with Crippen LogP contribution in [0.15, 0.2) is 49.3 Å². The van der Waals surface area contributed by atoms with Crippen LogP contribution in [0, 0.1) is 0 Å². The Morgan fingerprint density at radius 1 is 1.06 bits per heavy atom. The number of amides is 1. The SMILES string of the molecule is CS(=O)(=O)Nc1cnn(C(=O)N2CCN(Cc3ccc(-c4cncnc4)cc3C(F)(F)F)CC2)c1. The average Bonchev–Trinajstić information content (AvgIpc) is 3.26. The van der Waals surface area contributed by atoms with Crippen LogP contribution in [0.1, 0.15) is 11.1 Å². The maximum atomic E-state index is 13.8. The quantitative estimate of drug-likeness (QED) is 0.562. The molecule has 3 heterocycles. The van der Waals surface area contributed by atoms with Crippen LogP contribution < -0.4 is 4.72 Å². The summed E-state index contributed by atoms with van der Waals surface area (Å²) < 4.78 is 67.3. The summed E-state index contributed by atoms with van der Waals surface area (Å²) in [4.78, 5) is 23.8. The summed E-state index contributed by atoms with van der Waals surface area (Å²) in [5.41, 5.74) is 0.442. The van der Waals surface area contributed by atoms with Crippen molar-refractivity contribution < 1.29 is 26.4 Å². The predicted octanol–water partition coefficient (Wildman–Crippen LogP) is 2.52. The highest BCUT2D eigenvalue weighted by molar-refractivity contribution is 7.92. The molecule has 3 aromatic rings. The topological polar surface area (TPSA) is 113 Å². The first-order valence-corrected chi connectivity index (χ1v) is 12.4. The van der Waals surface area contributed by atoms with Crippen molar-refractivity contribution in [1.82, 2.24) is 29.5 Å². The van der Waals surface area contributed by atoms with Crippen LogP contribution in [0.25, 0.3) is 11.1 Å². The number of piperazine rings is 1. The molecule has 10 nitrogen and oxygen atoms in total. The fourth-order valence-corrected chi connectivity index (χ4v) is 4.32. The molecule has 0 spiro atoms. The monoisotopic (exact) mass is 509 g/mol. The van der Waals surface area contributed by atoms with Crippen molar-refractivity contribution in [3.63, 3.8) is 0 Å². The molecule has 14 heteroatoms. The number of carbonyl (C=O) groups excluding carboxylic acids is 1. The summed E-state index contributed by atoms with van der Waals surface area (Å²) in [6, 6.07) is 3.73. The Bertz CT molecular complexity index is 1310. The molecule has 1 aromatic carbocycles. The van der Waals surface area contributed by atoms with Crippen molar-refractivity contribution in [3.05, 3.63) is 60.4 Å². The van der Waals surface area contributed by atoms with Gasteiger partial charge in [0.2, 0.25) is 10.0 Å². The van der Waals surface area contributed by atoms with Gasteiger partial charge in [-0.25, -0.2) is 23.2 Å². The number of halogens is 3. The van der Waals surface area contributed by atoms with Crippen LogP contribution >= 0.6 is 0 Å². The molecule has 0 unspecified atom stereocenters. The molecule has 0 aliphatic carbocycles. The number of anilines is 1. The average molecular weight is 510 g/mol. The number of carbonyl (C=O) groups is 1. The molecule has 0 atom stereocenters. The lowest BCUT2D eigenvalue weighted by Crippen LogP contribution is -2.49. The summed E-state index contributed by atoms with van der Waals surface area (Å²) in [5.74, 6) is 0. The highest BCUT2D eigenvalue weighted by Crippen LogP contribution is 2.35. The zero-order valence-corrected chi connectivity index (χ0v) is 19.4. The second-order valence-corrected chi connectivity index (χ2v) is 9.84. The van der Waals surface area contributed by atoms with Crippen molar-refractivity contribution in [3.8, 4) is 11.1 Å². The fraction of sp³-hybridized carbons (Fsp3) is 0.333. The first kappa shape index (κ1) is 24.6. The van der Waals surface area contributed by atoms with Gasteiger partial charge in [-0.3, -0.25) is 9.62 Å². The van der Waals surface area contributed by atoms with Crippen LogP contribution in [-0.2, 0) is 22.7 Å². The maximum Gasteiger partial charge on any atom is 0.416 e. The number of hydrogen-bond donors (Lipinski definition) is 1. The first-order chi connectivity index (χ1) is 16.5. The van der Waals surface area contributed by atoms with Gasteiger partial charge < -0.3 is 4.90 Å². The van der Waals surface area contributed by atoms with Crippen molar-refractivity contribution in [2.75, 3.05) is 37.2 Å². The van der Waals surface area contributed by atoms with Crippen LogP contribution in [-0.4, -0.2) is 76.4 Å². The van der Waals surface area contributed by atoms with Gasteiger partial charge in [0.1, 0.15) is 6.33 Å². The Morgan fingerprint density at radius 3 is 2.37 bits per heavy atom. The van der Waals surface area contributed by atoms with E-state index in [2.05, 4.69) is 19.8 Å². The van der Waals surface area contributed by atoms with E-state index < -0.39 is 27.8 Å². The van der Waals surface area contributed by atoms with E-state index in [1.807, 2.05) is 4.90 Å². The number of sulfonamides is 1. The normalized spacial score (nSPS) is 15.3. The lowest BCUT2D eigenvalue weighted by atomic mass is 9.99. The second-order valence-electron chi connectivity index (χ2n) is 8.09. The van der Waals surface area contributed by atoms with Gasteiger partial charge >= 0.3 is 12.2 Å². The zero-order chi connectivity index (χ0) is 25.2. The van der Waals surface area contributed by atoms with E-state index in [4.69, 9.17) is 0 Å². The summed E-state index contributed by atoms with van der Waals surface area (Å²) in [7, 11) is -3.51. The van der Waals surface area contributed by atoms with Crippen molar-refractivity contribution in [2.24, 2.45) is 0 Å². The molecule has 0 saturated carbocycles. The van der Waals surface area contributed by atoms with Gasteiger partial charge in [0.15, 0.2) is 0 Å². The van der Waals surface area contributed by atoms with Crippen molar-refractivity contribution in [2.45, 2.75) is 12.7 Å². The number of alkyl halides is 3. The number of rotatable bonds is 5. The van der Waals surface area contributed by atoms with Gasteiger partial charge in [0, 0.05) is 50.7 Å². The van der Waals surface area contributed by atoms with Gasteiger partial charge in [-0.05, 0) is 17.2 Å². The lowest BCUT2D eigenvalue weighted by molar-refractivity contribution is -0.138. The zero-order valence-electron chi connectivity index (χ0n) is 18.6. The maximum absolute atomic E-state index is 13.8. The molecule has 2 aromatic heterocycles. The van der Waals surface area contributed by atoms with Crippen molar-refractivity contribution in [1.29, 1.82) is 0 Å². The van der Waals surface area contributed by atoms with Crippen LogP contribution in [0.4, 0.5) is 23.7 Å². The van der Waals surface area contributed by atoms with Crippen molar-refractivity contribution >= 4 is 21.7 Å². The molecule has 35 heavy (non-hydrogen) atoms. The van der Waals surface area contributed by atoms with Crippen LogP contribution in [0.5, 0.6) is 0 Å². The number of nitrogens with zero attached hydrogens (tertiary/aromatic N) is 6. The van der Waals surface area contributed by atoms with E-state index in [1.54, 1.807) is 6.07 Å². The molecular formula is C21H22F3N7O3S. The Hall–Kier alpha value is -3.52. The Balaban J connectivity index is 1.42. The van der Waals surface area contributed by atoms with Gasteiger partial charge in [-0.1, -0.05) is 12.1 Å². The van der Waals surface area contributed by atoms with Gasteiger partial charge in [0.25, 0.3) is 0 Å². The summed E-state index contributed by atoms with van der Waals surface area (Å²) in [6.07, 6.45) is 3.17. The van der Waals surface area contributed by atoms with Gasteiger partial charge in [-0.2, -0.15) is 23.0 Å². The van der Waals surface area contributed by atoms with E-state index >= 15 is 0 Å². The first-order valence-electron chi connectivity index (χ1n) is 10.5. The largest absolute Gasteiger partial charge is 0.416 e. The minimum atomic E-state index is -4.53. The Labute approximate surface area is 199 Å². The fourth-order valence-electron chi connectivity index (χ4n) is 3.78. The van der Waals surface area contributed by atoms with E-state index in [1.165, 1.54) is 42.1 Å². The minimum absolute atomic E-state index is 0.0760. The molecule has 1 fully saturated rings. The molecule has 1 N–H and O–H groups in total. The van der Waals surface area contributed by atoms with Gasteiger partial charge in [0.05, 0.1) is 29.9 Å². The third-order valence-electron chi connectivity index (χ3n) is 5.43. The smallest absolute Gasteiger partial charge is 0.320 e. The number of hydrogen-bond acceptors (Lipinski definition) is 7. The van der Waals surface area contributed by atoms with Crippen LogP contribution in [0.3, 0.4) is 0 Å². The van der Waals surface area contributed by atoms with E-state index in [0.717, 1.165) is 17.0 Å². The third-order valence-corrected chi connectivity index (χ3v) is 6.03. The third kappa shape index (κ3) is 6.14. The summed E-state index contributed by atoms with van der Waals surface area (Å²) in [5, 5.41) is 3.89. The molecule has 0 bridgehead atoms. The molecule has 1 saturated heterocycles. The highest BCUT2D eigenvalue weighted by Gasteiger charge is 2.34. The van der Waals surface area contributed by atoms with Crippen LogP contribution in [0.2, 0.25) is 0 Å². The molecule has 1 aliphatic heterocycles. The minimum Gasteiger partial charge on any atom is -0.320 e.